The molecule has 10 heteroatoms. The normalized spacial score (nSPS) is 24.7. The number of carbonyl (C=O) groups excluding carboxylic acids is 1. The number of fused-ring (bicyclic) bond motifs is 1. The molecule has 2 saturated carbocycles. The average molecular weight is 413 g/mol. The monoisotopic (exact) mass is 413 g/mol. The van der Waals surface area contributed by atoms with Gasteiger partial charge in [-0.1, -0.05) is 0 Å². The number of carbonyl (C=O) groups is 1. The number of imidazole rings is 1. The molecule has 0 radical (unpaired) electrons. The number of amides is 1. The number of alkyl carbamates (subject to hydrolysis) is 1. The average Bonchev–Trinajstić information content (AvgIpc) is 3.03. The van der Waals surface area contributed by atoms with Crippen LogP contribution in [0.5, 0.6) is 0 Å². The maximum Gasteiger partial charge on any atom is 0.407 e. The van der Waals surface area contributed by atoms with Gasteiger partial charge in [-0.15, -0.1) is 0 Å². The van der Waals surface area contributed by atoms with Gasteiger partial charge in [0.1, 0.15) is 17.9 Å². The molecule has 3 atom stereocenters. The van der Waals surface area contributed by atoms with Gasteiger partial charge >= 0.3 is 6.09 Å². The number of nitrogens with zero attached hydrogens (tertiary/aromatic N) is 4. The predicted octanol–water partition coefficient (Wildman–Crippen LogP) is 3.37. The van der Waals surface area contributed by atoms with E-state index in [0.717, 1.165) is 24.2 Å². The molecule has 3 N–H and O–H groups in total. The van der Waals surface area contributed by atoms with Crippen molar-refractivity contribution < 1.29 is 13.9 Å². The zero-order valence-corrected chi connectivity index (χ0v) is 16.9. The molecule has 2 fully saturated rings. The third-order valence-corrected chi connectivity index (χ3v) is 5.90. The minimum absolute atomic E-state index is 0.185. The number of aryl methyl sites for hydroxylation is 1. The Morgan fingerprint density at radius 1 is 1.40 bits per heavy atom. The van der Waals surface area contributed by atoms with E-state index in [1.165, 1.54) is 0 Å². The number of alkyl halides is 1. The Bertz CT molecular complexity index is 1090. The fourth-order valence-electron chi connectivity index (χ4n) is 3.94. The summed E-state index contributed by atoms with van der Waals surface area (Å²) in [6.45, 7) is 3.87. The summed E-state index contributed by atoms with van der Waals surface area (Å²) in [7, 11) is 0. The molecule has 2 aliphatic carbocycles. The molecule has 0 aromatic carbocycles. The lowest BCUT2D eigenvalue weighted by Gasteiger charge is -2.19. The molecular formula is C20H24FN7O2. The van der Waals surface area contributed by atoms with Crippen LogP contribution in [0, 0.1) is 6.92 Å². The minimum atomic E-state index is -1.28. The van der Waals surface area contributed by atoms with E-state index >= 15 is 0 Å². The van der Waals surface area contributed by atoms with Gasteiger partial charge in [0.05, 0.1) is 5.69 Å². The zero-order chi connectivity index (χ0) is 20.9. The number of ether oxygens (including phenoxy) is 1. The van der Waals surface area contributed by atoms with Crippen LogP contribution in [0.15, 0.2) is 24.5 Å². The Labute approximate surface area is 172 Å². The number of rotatable bonds is 5. The lowest BCUT2D eigenvalue weighted by atomic mass is 10.0. The number of nitrogens with one attached hydrogen (secondary N) is 3. The molecule has 1 amide bonds. The van der Waals surface area contributed by atoms with Crippen molar-refractivity contribution in [1.82, 2.24) is 29.9 Å². The largest absolute Gasteiger partial charge is 0.443 e. The molecule has 0 saturated heterocycles. The highest BCUT2D eigenvalue weighted by molar-refractivity contribution is 5.69. The Balaban J connectivity index is 1.25. The second-order valence-corrected chi connectivity index (χ2v) is 8.47. The van der Waals surface area contributed by atoms with Crippen LogP contribution < -0.4 is 10.6 Å². The van der Waals surface area contributed by atoms with Gasteiger partial charge in [-0.2, -0.15) is 5.10 Å². The number of aromatic amines is 1. The van der Waals surface area contributed by atoms with E-state index in [9.17, 15) is 9.18 Å². The highest BCUT2D eigenvalue weighted by Gasteiger charge is 2.43. The molecule has 0 unspecified atom stereocenters. The second kappa shape index (κ2) is 6.96. The van der Waals surface area contributed by atoms with Gasteiger partial charge in [-0.3, -0.25) is 9.50 Å². The van der Waals surface area contributed by atoms with Gasteiger partial charge in [0, 0.05) is 35.6 Å². The second-order valence-electron chi connectivity index (χ2n) is 8.47. The van der Waals surface area contributed by atoms with E-state index in [2.05, 4.69) is 30.8 Å². The van der Waals surface area contributed by atoms with Crippen LogP contribution in [0.3, 0.4) is 0 Å². The zero-order valence-electron chi connectivity index (χ0n) is 16.9. The van der Waals surface area contributed by atoms with Crippen molar-refractivity contribution in [1.29, 1.82) is 0 Å². The van der Waals surface area contributed by atoms with Crippen LogP contribution in [0.2, 0.25) is 0 Å². The first-order valence-electron chi connectivity index (χ1n) is 10.2. The molecule has 30 heavy (non-hydrogen) atoms. The fourth-order valence-corrected chi connectivity index (χ4v) is 3.94. The van der Waals surface area contributed by atoms with Crippen molar-refractivity contribution in [2.45, 2.75) is 63.3 Å². The molecule has 3 aromatic rings. The molecule has 5 rings (SSSR count). The summed E-state index contributed by atoms with van der Waals surface area (Å²) in [6.07, 6.45) is 3.89. The van der Waals surface area contributed by atoms with Crippen molar-refractivity contribution in [2.75, 3.05) is 5.32 Å². The predicted molar refractivity (Wildman–Crippen MR) is 108 cm³/mol. The summed E-state index contributed by atoms with van der Waals surface area (Å²) in [4.78, 5) is 20.8. The molecule has 3 aromatic heterocycles. The van der Waals surface area contributed by atoms with Crippen LogP contribution in [-0.4, -0.2) is 48.5 Å². The fraction of sp³-hybridized carbons (Fsp3) is 0.500. The molecule has 2 aliphatic rings. The van der Waals surface area contributed by atoms with Crippen molar-refractivity contribution in [3.63, 3.8) is 0 Å². The van der Waals surface area contributed by atoms with Crippen LogP contribution in [-0.2, 0) is 4.74 Å². The van der Waals surface area contributed by atoms with E-state index < -0.39 is 24.3 Å². The lowest BCUT2D eigenvalue weighted by molar-refractivity contribution is 0.0546. The molecule has 0 aliphatic heterocycles. The first kappa shape index (κ1) is 18.8. The summed E-state index contributed by atoms with van der Waals surface area (Å²) in [5, 5.41) is 13.1. The van der Waals surface area contributed by atoms with Crippen LogP contribution in [0.25, 0.3) is 5.65 Å². The van der Waals surface area contributed by atoms with E-state index in [4.69, 9.17) is 4.74 Å². The Kier molecular flexibility index (Phi) is 4.37. The first-order valence-corrected chi connectivity index (χ1v) is 10.2. The summed E-state index contributed by atoms with van der Waals surface area (Å²) in [6, 6.07) is 3.59. The van der Waals surface area contributed by atoms with Crippen molar-refractivity contribution in [3.05, 3.63) is 35.9 Å². The van der Waals surface area contributed by atoms with Crippen molar-refractivity contribution in [2.24, 2.45) is 0 Å². The summed E-state index contributed by atoms with van der Waals surface area (Å²) in [5.41, 5.74) is 2.14. The summed E-state index contributed by atoms with van der Waals surface area (Å²) in [5.74, 6) is 0.703. The molecule has 158 valence electrons. The number of hydrogen-bond acceptors (Lipinski definition) is 6. The van der Waals surface area contributed by atoms with E-state index in [0.29, 0.717) is 30.3 Å². The maximum absolute atomic E-state index is 15.0. The maximum atomic E-state index is 15.0. The van der Waals surface area contributed by atoms with E-state index in [-0.39, 0.29) is 5.54 Å². The van der Waals surface area contributed by atoms with Gasteiger partial charge in [0.15, 0.2) is 5.82 Å². The van der Waals surface area contributed by atoms with Crippen LogP contribution >= 0.6 is 0 Å². The van der Waals surface area contributed by atoms with E-state index in [1.54, 1.807) is 12.3 Å². The molecule has 3 heterocycles. The Hall–Kier alpha value is -3.17. The van der Waals surface area contributed by atoms with Gasteiger partial charge in [-0.25, -0.2) is 19.2 Å². The van der Waals surface area contributed by atoms with Crippen LogP contribution in [0.1, 0.15) is 49.9 Å². The van der Waals surface area contributed by atoms with Gasteiger partial charge in [-0.05, 0) is 45.6 Å². The van der Waals surface area contributed by atoms with E-state index in [1.807, 2.05) is 30.5 Å². The smallest absolute Gasteiger partial charge is 0.407 e. The van der Waals surface area contributed by atoms with Gasteiger partial charge in [0.25, 0.3) is 0 Å². The minimum Gasteiger partial charge on any atom is -0.443 e. The van der Waals surface area contributed by atoms with Crippen molar-refractivity contribution in [3.8, 4) is 0 Å². The number of anilines is 2. The highest BCUT2D eigenvalue weighted by atomic mass is 19.1. The number of halogens is 1. The Morgan fingerprint density at radius 2 is 2.23 bits per heavy atom. The summed E-state index contributed by atoms with van der Waals surface area (Å²) < 4.78 is 22.2. The third-order valence-electron chi connectivity index (χ3n) is 5.90. The third kappa shape index (κ3) is 3.57. The molecule has 0 bridgehead atoms. The summed E-state index contributed by atoms with van der Waals surface area (Å²) >= 11 is 0. The number of hydrogen-bond donors (Lipinski definition) is 3. The number of H-pyrrole nitrogens is 1. The number of aromatic nitrogens is 5. The van der Waals surface area contributed by atoms with Gasteiger partial charge in [0.2, 0.25) is 5.95 Å². The lowest BCUT2D eigenvalue weighted by Crippen LogP contribution is -2.38. The SMILES string of the molecule is Cc1cn2c(Nc3cc([C@@H]4CC[C@H](OC(=O)NC5(C)CC5)[C@@H]4F)[nH]n3)nccc2n1. The molecule has 0 spiro atoms. The van der Waals surface area contributed by atoms with Gasteiger partial charge < -0.3 is 15.4 Å². The first-order chi connectivity index (χ1) is 14.4. The Morgan fingerprint density at radius 3 is 3.03 bits per heavy atom. The molecular weight excluding hydrogens is 389 g/mol. The standard InChI is InChI=1S/C20H24FN7O2/c1-11-10-28-16(23-11)5-8-22-18(28)24-15-9-13(26-27-15)12-3-4-14(17(12)21)30-19(29)25-20(2)6-7-20/h5,8-10,12,14,17H,3-4,6-7H2,1-2H3,(H,25,29)(H2,22,24,26,27)/t12-,14-,17+/m0/s1. The van der Waals surface area contributed by atoms with Crippen molar-refractivity contribution >= 4 is 23.5 Å². The molecule has 9 nitrogen and oxygen atoms in total. The highest BCUT2D eigenvalue weighted by Crippen LogP contribution is 2.39. The van der Waals surface area contributed by atoms with Crippen LogP contribution in [0.4, 0.5) is 21.0 Å². The quantitative estimate of drug-likeness (QED) is 0.592. The topological polar surface area (TPSA) is 109 Å².